The van der Waals surface area contributed by atoms with Crippen LogP contribution in [0.2, 0.25) is 0 Å². The van der Waals surface area contributed by atoms with Crippen molar-refractivity contribution in [3.05, 3.63) is 59.8 Å². The summed E-state index contributed by atoms with van der Waals surface area (Å²) in [7, 11) is 0. The molecule has 0 unspecified atom stereocenters. The van der Waals surface area contributed by atoms with Crippen molar-refractivity contribution >= 4 is 29.3 Å². The molecule has 0 radical (unpaired) electrons. The van der Waals surface area contributed by atoms with Crippen molar-refractivity contribution in [3.63, 3.8) is 0 Å². The lowest BCUT2D eigenvalue weighted by Gasteiger charge is -2.16. The number of hydrogen-bond donors (Lipinski definition) is 4. The van der Waals surface area contributed by atoms with E-state index in [1.165, 1.54) is 25.4 Å². The van der Waals surface area contributed by atoms with Crippen LogP contribution in [0.25, 0.3) is 0 Å². The fourth-order valence-corrected chi connectivity index (χ4v) is 2.11. The first-order chi connectivity index (χ1) is 14.5. The summed E-state index contributed by atoms with van der Waals surface area (Å²) in [6.45, 7) is 6.80. The molecular formula is C22H24N6O3. The van der Waals surface area contributed by atoms with E-state index >= 15 is 0 Å². The molecule has 1 heterocycles. The highest BCUT2D eigenvalue weighted by atomic mass is 16.3. The predicted octanol–water partition coefficient (Wildman–Crippen LogP) is 3.21. The first-order valence-corrected chi connectivity index (χ1v) is 9.31. The summed E-state index contributed by atoms with van der Waals surface area (Å²) < 4.78 is 0. The Morgan fingerprint density at radius 3 is 2.52 bits per heavy atom. The number of carbonyl (C=O) groups excluding carboxylic acids is 2. The molecule has 2 rings (SSSR count). The van der Waals surface area contributed by atoms with Crippen molar-refractivity contribution in [2.75, 3.05) is 10.6 Å². The van der Waals surface area contributed by atoms with E-state index in [1.54, 1.807) is 24.3 Å². The van der Waals surface area contributed by atoms with Crippen LogP contribution < -0.4 is 16.4 Å². The van der Waals surface area contributed by atoms with Crippen LogP contribution in [0, 0.1) is 17.3 Å². The van der Waals surface area contributed by atoms with E-state index in [0.29, 0.717) is 22.8 Å². The summed E-state index contributed by atoms with van der Waals surface area (Å²) in [4.78, 5) is 34.9. The molecule has 0 aliphatic rings. The Hall–Kier alpha value is -4.19. The van der Waals surface area contributed by atoms with E-state index in [4.69, 9.17) is 5.73 Å². The number of urea groups is 1. The molecule has 0 saturated carbocycles. The van der Waals surface area contributed by atoms with E-state index in [-0.39, 0.29) is 17.5 Å². The van der Waals surface area contributed by atoms with Gasteiger partial charge in [0.2, 0.25) is 5.91 Å². The highest BCUT2D eigenvalue weighted by Crippen LogP contribution is 2.22. The Morgan fingerprint density at radius 2 is 1.90 bits per heavy atom. The van der Waals surface area contributed by atoms with Crippen LogP contribution in [0.3, 0.4) is 0 Å². The number of benzene rings is 1. The SMILES string of the molecule is CC(=O)Nc1cnc(C#Cc2cccc(NC(=O)/N=C(N)\C=C(/O)C(C)(C)C)c2)cn1. The quantitative estimate of drug-likeness (QED) is 0.260. The molecular weight excluding hydrogens is 396 g/mol. The minimum absolute atomic E-state index is 0.0204. The van der Waals surface area contributed by atoms with Crippen molar-refractivity contribution < 1.29 is 14.7 Å². The molecule has 0 saturated heterocycles. The van der Waals surface area contributed by atoms with Gasteiger partial charge in [0.15, 0.2) is 5.82 Å². The lowest BCUT2D eigenvalue weighted by Crippen LogP contribution is -2.18. The monoisotopic (exact) mass is 420 g/mol. The van der Waals surface area contributed by atoms with Gasteiger partial charge in [-0.15, -0.1) is 0 Å². The fourth-order valence-electron chi connectivity index (χ4n) is 2.11. The van der Waals surface area contributed by atoms with E-state index in [0.717, 1.165) is 0 Å². The number of rotatable bonds is 3. The van der Waals surface area contributed by atoms with Crippen LogP contribution in [-0.4, -0.2) is 32.8 Å². The standard InChI is InChI=1S/C22H24N6O3/c1-14(29)26-20-13-24-17(12-25-20)9-8-15-6-5-7-16(10-15)27-21(31)28-19(23)11-18(30)22(2,3)4/h5-7,10-13,30H,1-4H3,(H,25,26,29)(H3,23,27,28,31)/b18-11-. The number of aliphatic hydroxyl groups excluding tert-OH is 1. The maximum Gasteiger partial charge on any atom is 0.347 e. The molecule has 160 valence electrons. The number of allylic oxidation sites excluding steroid dienone is 1. The zero-order valence-electron chi connectivity index (χ0n) is 17.7. The average Bonchev–Trinajstić information content (AvgIpc) is 2.66. The highest BCUT2D eigenvalue weighted by molar-refractivity contribution is 6.03. The summed E-state index contributed by atoms with van der Waals surface area (Å²) in [5.41, 5.74) is 6.73. The van der Waals surface area contributed by atoms with Crippen molar-refractivity contribution in [2.45, 2.75) is 27.7 Å². The van der Waals surface area contributed by atoms with Gasteiger partial charge in [0.05, 0.1) is 12.4 Å². The molecule has 3 amide bonds. The van der Waals surface area contributed by atoms with E-state index < -0.39 is 11.4 Å². The first kappa shape index (κ1) is 23.1. The van der Waals surface area contributed by atoms with Crippen molar-refractivity contribution in [2.24, 2.45) is 16.1 Å². The minimum Gasteiger partial charge on any atom is -0.512 e. The number of amidine groups is 1. The summed E-state index contributed by atoms with van der Waals surface area (Å²) in [5.74, 6) is 5.80. The van der Waals surface area contributed by atoms with Gasteiger partial charge in [0, 0.05) is 29.7 Å². The van der Waals surface area contributed by atoms with Crippen LogP contribution in [0.15, 0.2) is 53.5 Å². The van der Waals surface area contributed by atoms with Gasteiger partial charge in [-0.2, -0.15) is 4.99 Å². The van der Waals surface area contributed by atoms with E-state index in [9.17, 15) is 14.7 Å². The van der Waals surface area contributed by atoms with Gasteiger partial charge in [0.1, 0.15) is 17.3 Å². The van der Waals surface area contributed by atoms with Gasteiger partial charge < -0.3 is 21.5 Å². The van der Waals surface area contributed by atoms with Crippen molar-refractivity contribution in [3.8, 4) is 11.8 Å². The third-order valence-electron chi connectivity index (χ3n) is 3.69. The molecule has 9 heteroatoms. The third kappa shape index (κ3) is 7.98. The Labute approximate surface area is 180 Å². The number of amides is 3. The van der Waals surface area contributed by atoms with Crippen molar-refractivity contribution in [1.82, 2.24) is 9.97 Å². The number of anilines is 2. The number of nitrogens with two attached hydrogens (primary N) is 1. The number of aliphatic imine (C=N–C) groups is 1. The van der Waals surface area contributed by atoms with Crippen molar-refractivity contribution in [1.29, 1.82) is 0 Å². The Morgan fingerprint density at radius 1 is 1.16 bits per heavy atom. The smallest absolute Gasteiger partial charge is 0.347 e. The van der Waals surface area contributed by atoms with Crippen LogP contribution >= 0.6 is 0 Å². The lowest BCUT2D eigenvalue weighted by atomic mass is 9.93. The number of nitrogens with one attached hydrogen (secondary N) is 2. The Kier molecular flexibility index (Phi) is 7.47. The number of carbonyl (C=O) groups is 2. The van der Waals surface area contributed by atoms with E-state index in [2.05, 4.69) is 37.4 Å². The maximum atomic E-state index is 12.1. The molecule has 5 N–H and O–H groups in total. The zero-order chi connectivity index (χ0) is 23.0. The summed E-state index contributed by atoms with van der Waals surface area (Å²) in [5, 5.41) is 15.0. The van der Waals surface area contributed by atoms with Gasteiger partial charge in [-0.25, -0.2) is 14.8 Å². The van der Waals surface area contributed by atoms with Gasteiger partial charge in [-0.05, 0) is 24.1 Å². The molecule has 0 spiro atoms. The molecule has 0 bridgehead atoms. The largest absolute Gasteiger partial charge is 0.512 e. The Bertz CT molecular complexity index is 1090. The average molecular weight is 420 g/mol. The highest BCUT2D eigenvalue weighted by Gasteiger charge is 2.16. The van der Waals surface area contributed by atoms with Gasteiger partial charge in [-0.3, -0.25) is 4.79 Å². The molecule has 1 aromatic heterocycles. The fraction of sp³-hybridized carbons (Fsp3) is 0.227. The van der Waals surface area contributed by atoms with Gasteiger partial charge >= 0.3 is 6.03 Å². The maximum absolute atomic E-state index is 12.1. The number of aliphatic hydroxyl groups is 1. The zero-order valence-corrected chi connectivity index (χ0v) is 17.7. The first-order valence-electron chi connectivity index (χ1n) is 9.31. The number of nitrogens with zero attached hydrogens (tertiary/aromatic N) is 3. The van der Waals surface area contributed by atoms with Gasteiger partial charge in [0.25, 0.3) is 0 Å². The number of aromatic nitrogens is 2. The molecule has 31 heavy (non-hydrogen) atoms. The van der Waals surface area contributed by atoms with E-state index in [1.807, 2.05) is 20.8 Å². The molecule has 9 nitrogen and oxygen atoms in total. The van der Waals surface area contributed by atoms with Crippen LogP contribution in [0.4, 0.5) is 16.3 Å². The topological polar surface area (TPSA) is 143 Å². The van der Waals surface area contributed by atoms with Crippen LogP contribution in [0.1, 0.15) is 39.0 Å². The van der Waals surface area contributed by atoms with Crippen LogP contribution in [-0.2, 0) is 4.79 Å². The lowest BCUT2D eigenvalue weighted by molar-refractivity contribution is -0.114. The molecule has 0 aliphatic carbocycles. The Balaban J connectivity index is 2.07. The molecule has 0 fully saturated rings. The summed E-state index contributed by atoms with van der Waals surface area (Å²) >= 11 is 0. The third-order valence-corrected chi connectivity index (χ3v) is 3.69. The summed E-state index contributed by atoms with van der Waals surface area (Å²) in [6, 6.07) is 6.16. The van der Waals surface area contributed by atoms with Crippen LogP contribution in [0.5, 0.6) is 0 Å². The molecule has 2 aromatic rings. The molecule has 0 atom stereocenters. The molecule has 1 aromatic carbocycles. The predicted molar refractivity (Wildman–Crippen MR) is 120 cm³/mol. The second-order valence-electron chi connectivity index (χ2n) is 7.55. The molecule has 0 aliphatic heterocycles. The number of hydrogen-bond acceptors (Lipinski definition) is 5. The minimum atomic E-state index is -0.681. The second-order valence-corrected chi connectivity index (χ2v) is 7.55. The summed E-state index contributed by atoms with van der Waals surface area (Å²) in [6.07, 6.45) is 4.11. The van der Waals surface area contributed by atoms with Gasteiger partial charge in [-0.1, -0.05) is 32.8 Å². The normalized spacial score (nSPS) is 11.9. The second kappa shape index (κ2) is 10.0.